The van der Waals surface area contributed by atoms with E-state index in [1.807, 2.05) is 25.1 Å². The first kappa shape index (κ1) is 11.9. The van der Waals surface area contributed by atoms with Crippen molar-refractivity contribution in [3.05, 3.63) is 23.8 Å². The molecule has 1 aromatic rings. The summed E-state index contributed by atoms with van der Waals surface area (Å²) in [6.07, 6.45) is 1.04. The lowest BCUT2D eigenvalue weighted by molar-refractivity contribution is 0.280. The molecular formula is C12H20N2O. The van der Waals surface area contributed by atoms with Crippen molar-refractivity contribution in [3.63, 3.8) is 0 Å². The van der Waals surface area contributed by atoms with E-state index in [9.17, 15) is 0 Å². The SMILES string of the molecule is Cc1cc(N)ccc1OCCCN(C)C. The molecule has 0 aliphatic carbocycles. The molecule has 0 atom stereocenters. The summed E-state index contributed by atoms with van der Waals surface area (Å²) in [6.45, 7) is 3.81. The van der Waals surface area contributed by atoms with Gasteiger partial charge in [-0.1, -0.05) is 0 Å². The maximum absolute atomic E-state index is 5.66. The van der Waals surface area contributed by atoms with Crippen molar-refractivity contribution in [1.82, 2.24) is 4.90 Å². The van der Waals surface area contributed by atoms with Gasteiger partial charge in [-0.15, -0.1) is 0 Å². The van der Waals surface area contributed by atoms with Crippen LogP contribution in [0.4, 0.5) is 5.69 Å². The minimum Gasteiger partial charge on any atom is -0.493 e. The van der Waals surface area contributed by atoms with E-state index in [1.54, 1.807) is 0 Å². The van der Waals surface area contributed by atoms with Crippen LogP contribution in [-0.2, 0) is 0 Å². The molecular weight excluding hydrogens is 188 g/mol. The average Bonchev–Trinajstić information content (AvgIpc) is 2.14. The summed E-state index contributed by atoms with van der Waals surface area (Å²) >= 11 is 0. The van der Waals surface area contributed by atoms with Gasteiger partial charge in [0.25, 0.3) is 0 Å². The van der Waals surface area contributed by atoms with Gasteiger partial charge in [0.1, 0.15) is 5.75 Å². The van der Waals surface area contributed by atoms with E-state index >= 15 is 0 Å². The van der Waals surface area contributed by atoms with Crippen LogP contribution in [0.25, 0.3) is 0 Å². The van der Waals surface area contributed by atoms with E-state index in [4.69, 9.17) is 10.5 Å². The summed E-state index contributed by atoms with van der Waals surface area (Å²) in [5.41, 5.74) is 7.54. The zero-order valence-electron chi connectivity index (χ0n) is 9.79. The van der Waals surface area contributed by atoms with E-state index in [-0.39, 0.29) is 0 Å². The highest BCUT2D eigenvalue weighted by atomic mass is 16.5. The first-order chi connectivity index (χ1) is 7.09. The normalized spacial score (nSPS) is 10.7. The van der Waals surface area contributed by atoms with Gasteiger partial charge in [-0.3, -0.25) is 0 Å². The van der Waals surface area contributed by atoms with Gasteiger partial charge in [-0.25, -0.2) is 0 Å². The average molecular weight is 208 g/mol. The Morgan fingerprint density at radius 3 is 2.67 bits per heavy atom. The van der Waals surface area contributed by atoms with E-state index in [0.717, 1.165) is 36.6 Å². The first-order valence-electron chi connectivity index (χ1n) is 5.23. The first-order valence-corrected chi connectivity index (χ1v) is 5.23. The van der Waals surface area contributed by atoms with Crippen molar-refractivity contribution in [2.75, 3.05) is 33.0 Å². The van der Waals surface area contributed by atoms with Gasteiger partial charge < -0.3 is 15.4 Å². The Kier molecular flexibility index (Phi) is 4.43. The second-order valence-electron chi connectivity index (χ2n) is 4.03. The molecule has 1 aromatic carbocycles. The van der Waals surface area contributed by atoms with Gasteiger partial charge in [-0.05, 0) is 51.2 Å². The Balaban J connectivity index is 2.37. The lowest BCUT2D eigenvalue weighted by atomic mass is 10.2. The minimum atomic E-state index is 0.753. The highest BCUT2D eigenvalue weighted by molar-refractivity contribution is 5.47. The number of hydrogen-bond acceptors (Lipinski definition) is 3. The van der Waals surface area contributed by atoms with Gasteiger partial charge in [0, 0.05) is 12.2 Å². The van der Waals surface area contributed by atoms with Crippen LogP contribution in [-0.4, -0.2) is 32.1 Å². The Hall–Kier alpha value is -1.22. The summed E-state index contributed by atoms with van der Waals surface area (Å²) in [4.78, 5) is 2.15. The molecule has 0 unspecified atom stereocenters. The molecule has 0 heterocycles. The highest BCUT2D eigenvalue weighted by Gasteiger charge is 1.99. The number of benzene rings is 1. The number of ether oxygens (including phenoxy) is 1. The zero-order chi connectivity index (χ0) is 11.3. The summed E-state index contributed by atoms with van der Waals surface area (Å²) in [5.74, 6) is 0.933. The smallest absolute Gasteiger partial charge is 0.122 e. The Morgan fingerprint density at radius 1 is 1.33 bits per heavy atom. The molecule has 0 aromatic heterocycles. The van der Waals surface area contributed by atoms with Crippen molar-refractivity contribution < 1.29 is 4.74 Å². The molecule has 3 heteroatoms. The number of anilines is 1. The molecule has 3 nitrogen and oxygen atoms in total. The lowest BCUT2D eigenvalue weighted by Gasteiger charge is -2.12. The molecule has 0 radical (unpaired) electrons. The Bertz CT molecular complexity index is 310. The third-order valence-electron chi connectivity index (χ3n) is 2.21. The van der Waals surface area contributed by atoms with Crippen molar-refractivity contribution in [3.8, 4) is 5.75 Å². The molecule has 15 heavy (non-hydrogen) atoms. The predicted molar refractivity (Wildman–Crippen MR) is 64.3 cm³/mol. The van der Waals surface area contributed by atoms with Crippen molar-refractivity contribution >= 4 is 5.69 Å². The maximum Gasteiger partial charge on any atom is 0.122 e. The maximum atomic E-state index is 5.66. The second-order valence-corrected chi connectivity index (χ2v) is 4.03. The van der Waals surface area contributed by atoms with E-state index in [1.165, 1.54) is 0 Å². The minimum absolute atomic E-state index is 0.753. The third kappa shape index (κ3) is 4.21. The molecule has 0 bridgehead atoms. The number of nitrogens with two attached hydrogens (primary N) is 1. The van der Waals surface area contributed by atoms with Crippen molar-refractivity contribution in [1.29, 1.82) is 0 Å². The van der Waals surface area contributed by atoms with Gasteiger partial charge in [0.2, 0.25) is 0 Å². The molecule has 0 amide bonds. The largest absolute Gasteiger partial charge is 0.493 e. The van der Waals surface area contributed by atoms with Gasteiger partial charge in [-0.2, -0.15) is 0 Å². The van der Waals surface area contributed by atoms with Crippen LogP contribution < -0.4 is 10.5 Å². The van der Waals surface area contributed by atoms with Gasteiger partial charge >= 0.3 is 0 Å². The molecule has 84 valence electrons. The van der Waals surface area contributed by atoms with Crippen molar-refractivity contribution in [2.24, 2.45) is 0 Å². The van der Waals surface area contributed by atoms with Crippen LogP contribution in [0.1, 0.15) is 12.0 Å². The standard InChI is InChI=1S/C12H20N2O/c1-10-9-11(13)5-6-12(10)15-8-4-7-14(2)3/h5-6,9H,4,7-8,13H2,1-3H3. The number of aryl methyl sites for hydroxylation is 1. The summed E-state index contributed by atoms with van der Waals surface area (Å²) in [5, 5.41) is 0. The molecule has 0 aliphatic heterocycles. The van der Waals surface area contributed by atoms with E-state index in [0.29, 0.717) is 0 Å². The fourth-order valence-electron chi connectivity index (χ4n) is 1.40. The number of hydrogen-bond donors (Lipinski definition) is 1. The molecule has 2 N–H and O–H groups in total. The lowest BCUT2D eigenvalue weighted by Crippen LogP contribution is -2.15. The van der Waals surface area contributed by atoms with Crippen LogP contribution in [0.2, 0.25) is 0 Å². The quantitative estimate of drug-likeness (QED) is 0.593. The third-order valence-corrected chi connectivity index (χ3v) is 2.21. The molecule has 0 aliphatic rings. The summed E-state index contributed by atoms with van der Waals surface area (Å²) in [7, 11) is 4.13. The predicted octanol–water partition coefficient (Wildman–Crippen LogP) is 1.91. The summed E-state index contributed by atoms with van der Waals surface area (Å²) in [6, 6.07) is 5.73. The van der Waals surface area contributed by atoms with Crippen LogP contribution in [0.15, 0.2) is 18.2 Å². The molecule has 0 fully saturated rings. The monoisotopic (exact) mass is 208 g/mol. The number of nitrogen functional groups attached to an aromatic ring is 1. The van der Waals surface area contributed by atoms with E-state index in [2.05, 4.69) is 19.0 Å². The van der Waals surface area contributed by atoms with E-state index < -0.39 is 0 Å². The fraction of sp³-hybridized carbons (Fsp3) is 0.500. The van der Waals surface area contributed by atoms with Crippen LogP contribution >= 0.6 is 0 Å². The molecule has 1 rings (SSSR count). The Labute approximate surface area is 91.8 Å². The van der Waals surface area contributed by atoms with Crippen LogP contribution in [0.5, 0.6) is 5.75 Å². The van der Waals surface area contributed by atoms with Gasteiger partial charge in [0.05, 0.1) is 6.61 Å². The zero-order valence-corrected chi connectivity index (χ0v) is 9.79. The summed E-state index contributed by atoms with van der Waals surface area (Å²) < 4.78 is 5.66. The van der Waals surface area contributed by atoms with Crippen LogP contribution in [0, 0.1) is 6.92 Å². The Morgan fingerprint density at radius 2 is 2.07 bits per heavy atom. The molecule has 0 saturated carbocycles. The number of nitrogens with zero attached hydrogens (tertiary/aromatic N) is 1. The fourth-order valence-corrected chi connectivity index (χ4v) is 1.40. The van der Waals surface area contributed by atoms with Crippen molar-refractivity contribution in [2.45, 2.75) is 13.3 Å². The molecule has 0 saturated heterocycles. The highest BCUT2D eigenvalue weighted by Crippen LogP contribution is 2.20. The topological polar surface area (TPSA) is 38.5 Å². The second kappa shape index (κ2) is 5.61. The van der Waals surface area contributed by atoms with Gasteiger partial charge in [0.15, 0.2) is 0 Å². The molecule has 0 spiro atoms. The van der Waals surface area contributed by atoms with Crippen LogP contribution in [0.3, 0.4) is 0 Å². The number of rotatable bonds is 5.